The minimum absolute atomic E-state index is 0.104. The lowest BCUT2D eigenvalue weighted by molar-refractivity contribution is 0.0690. The first kappa shape index (κ1) is 11.3. The Labute approximate surface area is 107 Å². The molecule has 0 saturated heterocycles. The molecule has 3 heterocycles. The molecule has 0 spiro atoms. The zero-order valence-electron chi connectivity index (χ0n) is 9.62. The maximum Gasteiger partial charge on any atom is 0.355 e. The molecular formula is C13H8FN3O2. The van der Waals surface area contributed by atoms with E-state index in [1.165, 1.54) is 16.5 Å². The van der Waals surface area contributed by atoms with Gasteiger partial charge in [0.05, 0.1) is 5.69 Å². The molecule has 0 aliphatic heterocycles. The van der Waals surface area contributed by atoms with Gasteiger partial charge in [-0.15, -0.1) is 0 Å². The number of hydrogen-bond donors (Lipinski definition) is 1. The number of aromatic nitrogens is 3. The molecule has 1 N–H and O–H groups in total. The molecule has 0 radical (unpaired) electrons. The average molecular weight is 257 g/mol. The van der Waals surface area contributed by atoms with E-state index in [0.29, 0.717) is 11.3 Å². The van der Waals surface area contributed by atoms with Gasteiger partial charge in [0, 0.05) is 12.4 Å². The largest absolute Gasteiger partial charge is 0.476 e. The number of rotatable bonds is 2. The van der Waals surface area contributed by atoms with Crippen molar-refractivity contribution >= 4 is 11.6 Å². The molecule has 0 saturated carbocycles. The van der Waals surface area contributed by atoms with Gasteiger partial charge in [-0.3, -0.25) is 9.38 Å². The molecule has 3 aromatic heterocycles. The van der Waals surface area contributed by atoms with Crippen molar-refractivity contribution in [3.63, 3.8) is 0 Å². The topological polar surface area (TPSA) is 67.5 Å². The number of fused-ring (bicyclic) bond motifs is 1. The Kier molecular flexibility index (Phi) is 2.49. The second-order valence-electron chi connectivity index (χ2n) is 3.90. The van der Waals surface area contributed by atoms with Crippen molar-refractivity contribution in [3.05, 3.63) is 54.2 Å². The Balaban J connectivity index is 2.36. The second-order valence-corrected chi connectivity index (χ2v) is 3.90. The normalized spacial score (nSPS) is 10.8. The van der Waals surface area contributed by atoms with Gasteiger partial charge in [0.2, 0.25) is 0 Å². The number of pyridine rings is 2. The van der Waals surface area contributed by atoms with Crippen LogP contribution in [0, 0.1) is 5.82 Å². The van der Waals surface area contributed by atoms with Gasteiger partial charge in [-0.25, -0.2) is 14.2 Å². The summed E-state index contributed by atoms with van der Waals surface area (Å²) in [6.07, 6.45) is 2.64. The van der Waals surface area contributed by atoms with Crippen LogP contribution in [0.1, 0.15) is 10.5 Å². The fourth-order valence-electron chi connectivity index (χ4n) is 1.90. The number of carboxylic acids is 1. The van der Waals surface area contributed by atoms with Gasteiger partial charge in [0.15, 0.2) is 5.69 Å². The van der Waals surface area contributed by atoms with Crippen LogP contribution in [0.15, 0.2) is 42.7 Å². The van der Waals surface area contributed by atoms with Crippen molar-refractivity contribution in [1.82, 2.24) is 14.4 Å². The fraction of sp³-hybridized carbons (Fsp3) is 0. The van der Waals surface area contributed by atoms with Gasteiger partial charge in [0.1, 0.15) is 17.2 Å². The minimum atomic E-state index is -1.18. The highest BCUT2D eigenvalue weighted by molar-refractivity contribution is 5.94. The van der Waals surface area contributed by atoms with E-state index in [2.05, 4.69) is 9.97 Å². The van der Waals surface area contributed by atoms with Crippen molar-refractivity contribution in [2.45, 2.75) is 0 Å². The van der Waals surface area contributed by atoms with Crippen molar-refractivity contribution in [3.8, 4) is 11.4 Å². The van der Waals surface area contributed by atoms with Crippen LogP contribution in [-0.4, -0.2) is 25.4 Å². The first-order valence-electron chi connectivity index (χ1n) is 5.49. The van der Waals surface area contributed by atoms with Crippen molar-refractivity contribution < 1.29 is 14.3 Å². The summed E-state index contributed by atoms with van der Waals surface area (Å²) in [6.45, 7) is 0. The number of nitrogens with zero attached hydrogens (tertiary/aromatic N) is 3. The third kappa shape index (κ3) is 1.83. The molecule has 0 atom stereocenters. The lowest BCUT2D eigenvalue weighted by Crippen LogP contribution is -2.04. The zero-order valence-corrected chi connectivity index (χ0v) is 9.62. The van der Waals surface area contributed by atoms with Crippen molar-refractivity contribution in [2.75, 3.05) is 0 Å². The van der Waals surface area contributed by atoms with E-state index >= 15 is 0 Å². The van der Waals surface area contributed by atoms with Crippen LogP contribution in [-0.2, 0) is 0 Å². The third-order valence-electron chi connectivity index (χ3n) is 2.69. The molecule has 0 aromatic carbocycles. The summed E-state index contributed by atoms with van der Waals surface area (Å²) in [4.78, 5) is 19.6. The minimum Gasteiger partial charge on any atom is -0.476 e. The van der Waals surface area contributed by atoms with E-state index in [9.17, 15) is 14.3 Å². The van der Waals surface area contributed by atoms with Gasteiger partial charge in [0.25, 0.3) is 0 Å². The molecular weight excluding hydrogens is 249 g/mol. The van der Waals surface area contributed by atoms with Crippen LogP contribution in [0.4, 0.5) is 4.39 Å². The number of aromatic carboxylic acids is 1. The molecule has 0 unspecified atom stereocenters. The highest BCUT2D eigenvalue weighted by Gasteiger charge is 2.20. The molecule has 94 valence electrons. The molecule has 0 bridgehead atoms. The summed E-state index contributed by atoms with van der Waals surface area (Å²) in [5.41, 5.74) is 0.912. The summed E-state index contributed by atoms with van der Waals surface area (Å²) in [6, 6.07) is 7.77. The fourth-order valence-corrected chi connectivity index (χ4v) is 1.90. The third-order valence-corrected chi connectivity index (χ3v) is 2.69. The number of halogens is 1. The zero-order chi connectivity index (χ0) is 13.4. The van der Waals surface area contributed by atoms with Gasteiger partial charge in [-0.1, -0.05) is 6.07 Å². The summed E-state index contributed by atoms with van der Waals surface area (Å²) >= 11 is 0. The van der Waals surface area contributed by atoms with Gasteiger partial charge < -0.3 is 5.11 Å². The summed E-state index contributed by atoms with van der Waals surface area (Å²) in [5, 5.41) is 9.29. The quantitative estimate of drug-likeness (QED) is 0.764. The number of carbonyl (C=O) groups is 1. The molecule has 6 heteroatoms. The van der Waals surface area contributed by atoms with E-state index in [4.69, 9.17) is 0 Å². The highest BCUT2D eigenvalue weighted by atomic mass is 19.1. The summed E-state index contributed by atoms with van der Waals surface area (Å²) < 4.78 is 14.4. The van der Waals surface area contributed by atoms with E-state index in [1.807, 2.05) is 0 Å². The first-order chi connectivity index (χ1) is 9.16. The SMILES string of the molecule is O=C(O)c1c(-c2ccccn2)nc2ccc(F)cn12. The van der Waals surface area contributed by atoms with Crippen molar-refractivity contribution in [1.29, 1.82) is 0 Å². The van der Waals surface area contributed by atoms with E-state index < -0.39 is 11.8 Å². The molecule has 5 nitrogen and oxygen atoms in total. The molecule has 0 aliphatic rings. The Bertz CT molecular complexity index is 768. The number of carboxylic acid groups (broad SMARTS) is 1. The van der Waals surface area contributed by atoms with E-state index in [0.717, 1.165) is 6.20 Å². The molecule has 3 aromatic rings. The average Bonchev–Trinajstić information content (AvgIpc) is 2.78. The monoisotopic (exact) mass is 257 g/mol. The Morgan fingerprint density at radius 3 is 2.79 bits per heavy atom. The van der Waals surface area contributed by atoms with E-state index in [1.54, 1.807) is 24.4 Å². The first-order valence-corrected chi connectivity index (χ1v) is 5.49. The maximum absolute atomic E-state index is 13.2. The Morgan fingerprint density at radius 2 is 2.11 bits per heavy atom. The molecule has 3 rings (SSSR count). The molecule has 19 heavy (non-hydrogen) atoms. The van der Waals surface area contributed by atoms with Crippen LogP contribution in [0.3, 0.4) is 0 Å². The van der Waals surface area contributed by atoms with Crippen LogP contribution in [0.2, 0.25) is 0 Å². The number of imidazole rings is 1. The second kappa shape index (κ2) is 4.16. The van der Waals surface area contributed by atoms with Crippen LogP contribution in [0.5, 0.6) is 0 Å². The maximum atomic E-state index is 13.2. The van der Waals surface area contributed by atoms with Gasteiger partial charge in [-0.2, -0.15) is 0 Å². The lowest BCUT2D eigenvalue weighted by atomic mass is 10.2. The van der Waals surface area contributed by atoms with Crippen LogP contribution < -0.4 is 0 Å². The highest BCUT2D eigenvalue weighted by Crippen LogP contribution is 2.22. The standard InChI is InChI=1S/C13H8FN3O2/c14-8-4-5-10-16-11(9-3-1-2-6-15-9)12(13(18)19)17(10)7-8/h1-7H,(H,18,19). The smallest absolute Gasteiger partial charge is 0.355 e. The van der Waals surface area contributed by atoms with Gasteiger partial charge >= 0.3 is 5.97 Å². The van der Waals surface area contributed by atoms with Crippen LogP contribution >= 0.6 is 0 Å². The summed E-state index contributed by atoms with van der Waals surface area (Å²) in [7, 11) is 0. The van der Waals surface area contributed by atoms with Crippen molar-refractivity contribution in [2.24, 2.45) is 0 Å². The number of hydrogen-bond acceptors (Lipinski definition) is 3. The summed E-state index contributed by atoms with van der Waals surface area (Å²) in [5.74, 6) is -1.71. The molecule has 0 aliphatic carbocycles. The Hall–Kier alpha value is -2.76. The predicted molar refractivity (Wildman–Crippen MR) is 65.3 cm³/mol. The van der Waals surface area contributed by atoms with E-state index in [-0.39, 0.29) is 11.4 Å². The molecule has 0 fully saturated rings. The lowest BCUT2D eigenvalue weighted by Gasteiger charge is -1.99. The van der Waals surface area contributed by atoms with Gasteiger partial charge in [-0.05, 0) is 24.3 Å². The Morgan fingerprint density at radius 1 is 1.26 bits per heavy atom. The van der Waals surface area contributed by atoms with Crippen LogP contribution in [0.25, 0.3) is 17.0 Å². The predicted octanol–water partition coefficient (Wildman–Crippen LogP) is 2.23. The molecule has 0 amide bonds.